The number of carbonyl (C=O) groups excluding carboxylic acids is 1. The maximum absolute atomic E-state index is 12.1. The van der Waals surface area contributed by atoms with Crippen LogP contribution >= 0.6 is 0 Å². The van der Waals surface area contributed by atoms with Gasteiger partial charge < -0.3 is 15.1 Å². The first-order chi connectivity index (χ1) is 12.6. The van der Waals surface area contributed by atoms with E-state index >= 15 is 0 Å². The highest BCUT2D eigenvalue weighted by molar-refractivity contribution is 5.92. The van der Waals surface area contributed by atoms with Crippen molar-refractivity contribution < 1.29 is 4.79 Å². The van der Waals surface area contributed by atoms with Gasteiger partial charge in [-0.15, -0.1) is 6.58 Å². The third-order valence-corrected chi connectivity index (χ3v) is 4.76. The van der Waals surface area contributed by atoms with Crippen molar-refractivity contribution in [1.82, 2.24) is 15.3 Å². The van der Waals surface area contributed by atoms with Crippen molar-refractivity contribution in [2.75, 3.05) is 42.5 Å². The molecule has 1 aliphatic heterocycles. The Morgan fingerprint density at radius 1 is 1.19 bits per heavy atom. The smallest absolute Gasteiger partial charge is 0.270 e. The van der Waals surface area contributed by atoms with Gasteiger partial charge in [0.1, 0.15) is 5.69 Å². The van der Waals surface area contributed by atoms with E-state index < -0.39 is 0 Å². The fourth-order valence-corrected chi connectivity index (χ4v) is 3.11. The number of nitrogens with one attached hydrogen (secondary N) is 1. The predicted molar refractivity (Wildman–Crippen MR) is 105 cm³/mol. The van der Waals surface area contributed by atoms with Gasteiger partial charge in [-0.25, -0.2) is 9.97 Å². The summed E-state index contributed by atoms with van der Waals surface area (Å²) >= 11 is 0. The number of aryl methyl sites for hydroxylation is 1. The standard InChI is InChI=1S/C20H25N5O/c1-4-9-21-19(26)17-8-10-22-20(23-17)25-13-11-24(12-14-25)18-7-5-6-15(2)16(18)3/h4-8,10H,1,9,11-14H2,2-3H3,(H,21,26). The third kappa shape index (κ3) is 3.85. The molecule has 2 heterocycles. The Hall–Kier alpha value is -2.89. The normalized spacial score (nSPS) is 14.2. The molecular weight excluding hydrogens is 326 g/mol. The Labute approximate surface area is 154 Å². The highest BCUT2D eigenvalue weighted by atomic mass is 16.1. The number of carbonyl (C=O) groups is 1. The van der Waals surface area contributed by atoms with E-state index in [1.165, 1.54) is 16.8 Å². The average Bonchev–Trinajstić information content (AvgIpc) is 2.68. The molecule has 6 nitrogen and oxygen atoms in total. The fourth-order valence-electron chi connectivity index (χ4n) is 3.11. The van der Waals surface area contributed by atoms with Crippen LogP contribution in [0.4, 0.5) is 11.6 Å². The SMILES string of the molecule is C=CCNC(=O)c1ccnc(N2CCN(c3cccc(C)c3C)CC2)n1. The number of benzene rings is 1. The molecule has 1 saturated heterocycles. The minimum absolute atomic E-state index is 0.206. The van der Waals surface area contributed by atoms with Gasteiger partial charge in [-0.2, -0.15) is 0 Å². The number of hydrogen-bond acceptors (Lipinski definition) is 5. The highest BCUT2D eigenvalue weighted by Gasteiger charge is 2.21. The van der Waals surface area contributed by atoms with Crippen LogP contribution in [0.1, 0.15) is 21.6 Å². The second kappa shape index (κ2) is 7.99. The number of anilines is 2. The second-order valence-corrected chi connectivity index (χ2v) is 6.43. The van der Waals surface area contributed by atoms with E-state index in [0.717, 1.165) is 26.2 Å². The molecule has 0 atom stereocenters. The monoisotopic (exact) mass is 351 g/mol. The Kier molecular flexibility index (Phi) is 5.51. The fraction of sp³-hybridized carbons (Fsp3) is 0.350. The van der Waals surface area contributed by atoms with Crippen molar-refractivity contribution in [2.45, 2.75) is 13.8 Å². The number of rotatable bonds is 5. The third-order valence-electron chi connectivity index (χ3n) is 4.76. The lowest BCUT2D eigenvalue weighted by molar-refractivity contribution is 0.0953. The molecule has 1 fully saturated rings. The summed E-state index contributed by atoms with van der Waals surface area (Å²) < 4.78 is 0. The maximum atomic E-state index is 12.1. The first-order valence-electron chi connectivity index (χ1n) is 8.88. The lowest BCUT2D eigenvalue weighted by Crippen LogP contribution is -2.47. The zero-order valence-electron chi connectivity index (χ0n) is 15.4. The molecule has 1 aromatic heterocycles. The van der Waals surface area contributed by atoms with Crippen LogP contribution in [-0.2, 0) is 0 Å². The number of hydrogen-bond donors (Lipinski definition) is 1. The van der Waals surface area contributed by atoms with Crippen LogP contribution in [0.3, 0.4) is 0 Å². The molecule has 1 aromatic carbocycles. The summed E-state index contributed by atoms with van der Waals surface area (Å²) in [5.41, 5.74) is 4.32. The number of aromatic nitrogens is 2. The first-order valence-corrected chi connectivity index (χ1v) is 8.88. The summed E-state index contributed by atoms with van der Waals surface area (Å²) in [4.78, 5) is 25.4. The van der Waals surface area contributed by atoms with Crippen molar-refractivity contribution in [3.8, 4) is 0 Å². The van der Waals surface area contributed by atoms with E-state index in [1.54, 1.807) is 18.3 Å². The second-order valence-electron chi connectivity index (χ2n) is 6.43. The van der Waals surface area contributed by atoms with Gasteiger partial charge in [0.2, 0.25) is 5.95 Å². The van der Waals surface area contributed by atoms with E-state index in [0.29, 0.717) is 18.2 Å². The number of amides is 1. The average molecular weight is 351 g/mol. The molecule has 0 aliphatic carbocycles. The van der Waals surface area contributed by atoms with Gasteiger partial charge in [-0.05, 0) is 37.1 Å². The molecule has 3 rings (SSSR count). The Balaban J connectivity index is 1.67. The van der Waals surface area contributed by atoms with Gasteiger partial charge in [-0.3, -0.25) is 4.79 Å². The van der Waals surface area contributed by atoms with Gasteiger partial charge in [-0.1, -0.05) is 18.2 Å². The summed E-state index contributed by atoms with van der Waals surface area (Å²) in [6.45, 7) is 11.8. The summed E-state index contributed by atoms with van der Waals surface area (Å²) in [5, 5.41) is 2.74. The van der Waals surface area contributed by atoms with Crippen molar-refractivity contribution in [3.63, 3.8) is 0 Å². The zero-order valence-corrected chi connectivity index (χ0v) is 15.4. The van der Waals surface area contributed by atoms with Crippen LogP contribution in [0.25, 0.3) is 0 Å². The molecule has 26 heavy (non-hydrogen) atoms. The molecule has 0 bridgehead atoms. The van der Waals surface area contributed by atoms with Crippen LogP contribution < -0.4 is 15.1 Å². The predicted octanol–water partition coefficient (Wildman–Crippen LogP) is 2.34. The Morgan fingerprint density at radius 2 is 1.92 bits per heavy atom. The van der Waals surface area contributed by atoms with Gasteiger partial charge >= 0.3 is 0 Å². The van der Waals surface area contributed by atoms with Crippen molar-refractivity contribution >= 4 is 17.5 Å². The number of piperazine rings is 1. The van der Waals surface area contributed by atoms with Crippen LogP contribution in [-0.4, -0.2) is 48.6 Å². The molecule has 136 valence electrons. The van der Waals surface area contributed by atoms with E-state index in [1.807, 2.05) is 0 Å². The summed E-state index contributed by atoms with van der Waals surface area (Å²) in [7, 11) is 0. The molecule has 0 spiro atoms. The van der Waals surface area contributed by atoms with Gasteiger partial charge in [0.15, 0.2) is 0 Å². The van der Waals surface area contributed by atoms with Crippen molar-refractivity contribution in [2.24, 2.45) is 0 Å². The lowest BCUT2D eigenvalue weighted by atomic mass is 10.1. The lowest BCUT2D eigenvalue weighted by Gasteiger charge is -2.37. The Bertz CT molecular complexity index is 797. The largest absolute Gasteiger partial charge is 0.368 e. The van der Waals surface area contributed by atoms with E-state index in [2.05, 4.69) is 63.7 Å². The van der Waals surface area contributed by atoms with E-state index in [9.17, 15) is 4.79 Å². The molecule has 0 radical (unpaired) electrons. The molecule has 1 amide bonds. The van der Waals surface area contributed by atoms with E-state index in [-0.39, 0.29) is 5.91 Å². The van der Waals surface area contributed by atoms with Crippen molar-refractivity contribution in [3.05, 3.63) is 59.9 Å². The van der Waals surface area contributed by atoms with Crippen LogP contribution in [0.15, 0.2) is 43.1 Å². The van der Waals surface area contributed by atoms with Crippen molar-refractivity contribution in [1.29, 1.82) is 0 Å². The van der Waals surface area contributed by atoms with E-state index in [4.69, 9.17) is 0 Å². The summed E-state index contributed by atoms with van der Waals surface area (Å²) in [5.74, 6) is 0.402. The Morgan fingerprint density at radius 3 is 2.65 bits per heavy atom. The molecule has 1 N–H and O–H groups in total. The van der Waals surface area contributed by atoms with Gasteiger partial charge in [0, 0.05) is 44.6 Å². The molecular formula is C20H25N5O. The van der Waals surface area contributed by atoms with Gasteiger partial charge in [0.25, 0.3) is 5.91 Å². The molecule has 0 unspecified atom stereocenters. The molecule has 1 aliphatic rings. The minimum Gasteiger partial charge on any atom is -0.368 e. The maximum Gasteiger partial charge on any atom is 0.270 e. The zero-order chi connectivity index (χ0) is 18.5. The quantitative estimate of drug-likeness (QED) is 0.838. The van der Waals surface area contributed by atoms with Crippen LogP contribution in [0.5, 0.6) is 0 Å². The summed E-state index contributed by atoms with van der Waals surface area (Å²) in [6, 6.07) is 8.07. The summed E-state index contributed by atoms with van der Waals surface area (Å²) in [6.07, 6.45) is 3.29. The van der Waals surface area contributed by atoms with Gasteiger partial charge in [0.05, 0.1) is 0 Å². The van der Waals surface area contributed by atoms with Crippen LogP contribution in [0, 0.1) is 13.8 Å². The highest BCUT2D eigenvalue weighted by Crippen LogP contribution is 2.24. The van der Waals surface area contributed by atoms with Crippen LogP contribution in [0.2, 0.25) is 0 Å². The minimum atomic E-state index is -0.206. The molecule has 6 heteroatoms. The first kappa shape index (κ1) is 17.9. The number of nitrogens with zero attached hydrogens (tertiary/aromatic N) is 4. The molecule has 2 aromatic rings. The topological polar surface area (TPSA) is 61.4 Å². The molecule has 0 saturated carbocycles.